The van der Waals surface area contributed by atoms with Crippen LogP contribution in [0.25, 0.3) is 10.9 Å². The van der Waals surface area contributed by atoms with Crippen molar-refractivity contribution in [1.82, 2.24) is 9.78 Å². The molecule has 1 atom stereocenters. The van der Waals surface area contributed by atoms with Gasteiger partial charge in [-0.3, -0.25) is 4.68 Å². The van der Waals surface area contributed by atoms with Gasteiger partial charge in [0.05, 0.1) is 17.3 Å². The summed E-state index contributed by atoms with van der Waals surface area (Å²) >= 11 is 12.0. The van der Waals surface area contributed by atoms with Crippen LogP contribution in [0.15, 0.2) is 42.5 Å². The number of aliphatic hydroxyl groups is 1. The van der Waals surface area contributed by atoms with Crippen LogP contribution in [0.3, 0.4) is 0 Å². The molecule has 0 aliphatic carbocycles. The number of nitrogens with zero attached hydrogens (tertiary/aromatic N) is 2. The maximum Gasteiger partial charge on any atom is 0.0860 e. The Balaban J connectivity index is 1.94. The lowest BCUT2D eigenvalue weighted by atomic mass is 10.0. The van der Waals surface area contributed by atoms with E-state index in [9.17, 15) is 5.11 Å². The van der Waals surface area contributed by atoms with E-state index in [0.29, 0.717) is 22.0 Å². The van der Waals surface area contributed by atoms with Gasteiger partial charge in [0, 0.05) is 28.9 Å². The van der Waals surface area contributed by atoms with Crippen LogP contribution < -0.4 is 0 Å². The van der Waals surface area contributed by atoms with Gasteiger partial charge in [-0.25, -0.2) is 0 Å². The quantitative estimate of drug-likeness (QED) is 0.787. The average molecular weight is 321 g/mol. The first-order valence-electron chi connectivity index (χ1n) is 6.60. The first-order valence-corrected chi connectivity index (χ1v) is 7.35. The third-order valence-electron chi connectivity index (χ3n) is 3.54. The van der Waals surface area contributed by atoms with Crippen molar-refractivity contribution in [2.24, 2.45) is 7.05 Å². The van der Waals surface area contributed by atoms with Crippen molar-refractivity contribution in [3.05, 3.63) is 63.8 Å². The summed E-state index contributed by atoms with van der Waals surface area (Å²) in [7, 11) is 1.90. The van der Waals surface area contributed by atoms with Crippen LogP contribution >= 0.6 is 23.2 Å². The summed E-state index contributed by atoms with van der Waals surface area (Å²) in [6.45, 7) is 0. The van der Waals surface area contributed by atoms with Crippen molar-refractivity contribution in [2.75, 3.05) is 0 Å². The molecule has 3 rings (SSSR count). The van der Waals surface area contributed by atoms with E-state index in [1.807, 2.05) is 36.0 Å². The van der Waals surface area contributed by atoms with Crippen LogP contribution in [-0.2, 0) is 13.5 Å². The van der Waals surface area contributed by atoms with Gasteiger partial charge >= 0.3 is 0 Å². The number of benzene rings is 2. The van der Waals surface area contributed by atoms with E-state index in [1.165, 1.54) is 0 Å². The highest BCUT2D eigenvalue weighted by molar-refractivity contribution is 6.35. The average Bonchev–Trinajstić information content (AvgIpc) is 2.76. The van der Waals surface area contributed by atoms with Crippen LogP contribution in [0.5, 0.6) is 0 Å². The number of aromatic nitrogens is 2. The number of halogens is 2. The Labute approximate surface area is 132 Å². The second-order valence-corrected chi connectivity index (χ2v) is 5.82. The van der Waals surface area contributed by atoms with Crippen LogP contribution in [0.4, 0.5) is 0 Å². The van der Waals surface area contributed by atoms with E-state index < -0.39 is 6.10 Å². The second-order valence-electron chi connectivity index (χ2n) is 4.97. The van der Waals surface area contributed by atoms with E-state index in [-0.39, 0.29) is 0 Å². The molecule has 0 saturated carbocycles. The Morgan fingerprint density at radius 1 is 1.19 bits per heavy atom. The van der Waals surface area contributed by atoms with E-state index in [4.69, 9.17) is 23.2 Å². The zero-order valence-electron chi connectivity index (χ0n) is 11.4. The number of rotatable bonds is 3. The Hall–Kier alpha value is -1.55. The van der Waals surface area contributed by atoms with E-state index in [2.05, 4.69) is 5.10 Å². The molecule has 1 unspecified atom stereocenters. The van der Waals surface area contributed by atoms with Gasteiger partial charge in [0.2, 0.25) is 0 Å². The van der Waals surface area contributed by atoms with Crippen molar-refractivity contribution < 1.29 is 5.11 Å². The van der Waals surface area contributed by atoms with E-state index in [1.54, 1.807) is 18.2 Å². The fraction of sp³-hybridized carbons (Fsp3) is 0.188. The lowest BCUT2D eigenvalue weighted by Crippen LogP contribution is -2.04. The molecule has 0 spiro atoms. The molecular formula is C16H14Cl2N2O. The Kier molecular flexibility index (Phi) is 3.89. The summed E-state index contributed by atoms with van der Waals surface area (Å²) in [5.41, 5.74) is 2.56. The summed E-state index contributed by atoms with van der Waals surface area (Å²) < 4.78 is 1.82. The zero-order valence-corrected chi connectivity index (χ0v) is 12.9. The molecule has 1 heterocycles. The molecule has 0 bridgehead atoms. The van der Waals surface area contributed by atoms with Crippen LogP contribution in [0, 0.1) is 0 Å². The number of hydrogen-bond acceptors (Lipinski definition) is 2. The predicted molar refractivity (Wildman–Crippen MR) is 85.8 cm³/mol. The number of aryl methyl sites for hydroxylation is 1. The molecule has 108 valence electrons. The third-order valence-corrected chi connectivity index (χ3v) is 4.10. The number of hydrogen-bond donors (Lipinski definition) is 1. The Bertz CT molecular complexity index is 798. The first kappa shape index (κ1) is 14.4. The molecule has 21 heavy (non-hydrogen) atoms. The molecule has 0 amide bonds. The van der Waals surface area contributed by atoms with Gasteiger partial charge in [0.1, 0.15) is 0 Å². The topological polar surface area (TPSA) is 38.0 Å². The van der Waals surface area contributed by atoms with Crippen LogP contribution in [-0.4, -0.2) is 14.9 Å². The molecule has 0 fully saturated rings. The summed E-state index contributed by atoms with van der Waals surface area (Å²) in [5, 5.41) is 17.0. The standard InChI is InChI=1S/C16H14Cl2N2O/c1-20-15-5-3-2-4-12(15)14(19-20)9-16(21)11-7-6-10(17)8-13(11)18/h2-8,16,21H,9H2,1H3. The minimum absolute atomic E-state index is 0.405. The number of fused-ring (bicyclic) bond motifs is 1. The molecule has 5 heteroatoms. The van der Waals surface area contributed by atoms with Gasteiger partial charge < -0.3 is 5.11 Å². The molecular weight excluding hydrogens is 307 g/mol. The van der Waals surface area contributed by atoms with Crippen LogP contribution in [0.2, 0.25) is 10.0 Å². The van der Waals surface area contributed by atoms with Gasteiger partial charge in [0.15, 0.2) is 0 Å². The lowest BCUT2D eigenvalue weighted by Gasteiger charge is -2.12. The largest absolute Gasteiger partial charge is 0.388 e. The smallest absolute Gasteiger partial charge is 0.0860 e. The maximum absolute atomic E-state index is 10.4. The lowest BCUT2D eigenvalue weighted by molar-refractivity contribution is 0.177. The molecule has 3 nitrogen and oxygen atoms in total. The molecule has 0 aliphatic heterocycles. The van der Waals surface area contributed by atoms with E-state index >= 15 is 0 Å². The van der Waals surface area contributed by atoms with Crippen molar-refractivity contribution >= 4 is 34.1 Å². The predicted octanol–water partition coefficient (Wildman–Crippen LogP) is 4.16. The maximum atomic E-state index is 10.4. The highest BCUT2D eigenvalue weighted by Crippen LogP contribution is 2.29. The molecule has 1 aromatic heterocycles. The van der Waals surface area contributed by atoms with Crippen LogP contribution in [0.1, 0.15) is 17.4 Å². The van der Waals surface area contributed by atoms with E-state index in [0.717, 1.165) is 16.6 Å². The summed E-state index contributed by atoms with van der Waals surface area (Å²) in [5.74, 6) is 0. The summed E-state index contributed by atoms with van der Waals surface area (Å²) in [4.78, 5) is 0. The molecule has 3 aromatic rings. The minimum Gasteiger partial charge on any atom is -0.388 e. The van der Waals surface area contributed by atoms with Crippen molar-refractivity contribution in [3.8, 4) is 0 Å². The van der Waals surface area contributed by atoms with Crippen molar-refractivity contribution in [2.45, 2.75) is 12.5 Å². The molecule has 1 N–H and O–H groups in total. The summed E-state index contributed by atoms with van der Waals surface area (Å²) in [6.07, 6.45) is -0.309. The van der Waals surface area contributed by atoms with Crippen molar-refractivity contribution in [1.29, 1.82) is 0 Å². The van der Waals surface area contributed by atoms with Gasteiger partial charge in [-0.05, 0) is 23.8 Å². The molecule has 0 radical (unpaired) electrons. The number of para-hydroxylation sites is 1. The monoisotopic (exact) mass is 320 g/mol. The zero-order chi connectivity index (χ0) is 15.0. The Morgan fingerprint density at radius 2 is 1.95 bits per heavy atom. The highest BCUT2D eigenvalue weighted by atomic mass is 35.5. The minimum atomic E-state index is -0.715. The summed E-state index contributed by atoms with van der Waals surface area (Å²) in [6, 6.07) is 13.1. The van der Waals surface area contributed by atoms with Crippen molar-refractivity contribution in [3.63, 3.8) is 0 Å². The highest BCUT2D eigenvalue weighted by Gasteiger charge is 2.16. The van der Waals surface area contributed by atoms with Gasteiger partial charge in [0.25, 0.3) is 0 Å². The normalized spacial score (nSPS) is 12.8. The second kappa shape index (κ2) is 5.68. The third kappa shape index (κ3) is 2.77. The molecule has 2 aromatic carbocycles. The van der Waals surface area contributed by atoms with Gasteiger partial charge in [-0.2, -0.15) is 5.10 Å². The number of aliphatic hydroxyl groups excluding tert-OH is 1. The fourth-order valence-electron chi connectivity index (χ4n) is 2.50. The van der Waals surface area contributed by atoms with Gasteiger partial charge in [-0.1, -0.05) is 47.5 Å². The molecule has 0 saturated heterocycles. The van der Waals surface area contributed by atoms with Gasteiger partial charge in [-0.15, -0.1) is 0 Å². The Morgan fingerprint density at radius 3 is 2.71 bits per heavy atom. The SMILES string of the molecule is Cn1nc(CC(O)c2ccc(Cl)cc2Cl)c2ccccc21. The fourth-order valence-corrected chi connectivity index (χ4v) is 3.04. The molecule has 0 aliphatic rings. The first-order chi connectivity index (χ1) is 10.1.